The first-order valence-corrected chi connectivity index (χ1v) is 11.4. The fraction of sp³-hybridized carbons (Fsp3) is 0.455. The number of rotatable bonds is 6. The zero-order chi connectivity index (χ0) is 25.2. The Balaban J connectivity index is 1.47. The van der Waals surface area contributed by atoms with E-state index in [2.05, 4.69) is 25.5 Å². The van der Waals surface area contributed by atoms with Crippen molar-refractivity contribution in [1.82, 2.24) is 25.5 Å². The molecule has 0 saturated carbocycles. The molecule has 0 amide bonds. The summed E-state index contributed by atoms with van der Waals surface area (Å²) < 4.78 is 80.9. The first-order chi connectivity index (χ1) is 16.6. The summed E-state index contributed by atoms with van der Waals surface area (Å²) in [4.78, 5) is 8.44. The third-order valence-electron chi connectivity index (χ3n) is 5.83. The number of halogens is 5. The SMILES string of the molecule is CC1C(NC(=S)NCCN2CCOCC2)=CC(F)=C(Oc2ccnc3[nH]cc(C(F)(F)F)c23)C1F. The van der Waals surface area contributed by atoms with Gasteiger partial charge >= 0.3 is 6.18 Å². The molecular weight excluding hydrogens is 493 g/mol. The Labute approximate surface area is 203 Å². The Morgan fingerprint density at radius 3 is 2.80 bits per heavy atom. The summed E-state index contributed by atoms with van der Waals surface area (Å²) in [7, 11) is 0. The highest BCUT2D eigenvalue weighted by atomic mass is 32.1. The lowest BCUT2D eigenvalue weighted by molar-refractivity contribution is -0.136. The van der Waals surface area contributed by atoms with Crippen molar-refractivity contribution in [1.29, 1.82) is 0 Å². The molecule has 1 aliphatic heterocycles. The van der Waals surface area contributed by atoms with E-state index >= 15 is 4.39 Å². The van der Waals surface area contributed by atoms with Gasteiger partial charge in [0.2, 0.25) is 0 Å². The molecule has 3 heterocycles. The number of thiocarbonyl (C=S) groups is 1. The summed E-state index contributed by atoms with van der Waals surface area (Å²) in [5.74, 6) is -3.01. The van der Waals surface area contributed by atoms with Crippen molar-refractivity contribution in [3.8, 4) is 5.75 Å². The highest BCUT2D eigenvalue weighted by molar-refractivity contribution is 7.80. The third-order valence-corrected chi connectivity index (χ3v) is 6.08. The number of ether oxygens (including phenoxy) is 2. The molecule has 2 atom stereocenters. The van der Waals surface area contributed by atoms with E-state index in [0.29, 0.717) is 19.8 Å². The van der Waals surface area contributed by atoms with Crippen molar-refractivity contribution in [2.75, 3.05) is 39.4 Å². The van der Waals surface area contributed by atoms with Crippen LogP contribution in [-0.2, 0) is 10.9 Å². The van der Waals surface area contributed by atoms with Gasteiger partial charge in [0.1, 0.15) is 11.4 Å². The molecule has 1 saturated heterocycles. The van der Waals surface area contributed by atoms with Crippen LogP contribution in [0.15, 0.2) is 41.8 Å². The number of nitrogens with zero attached hydrogens (tertiary/aromatic N) is 2. The second-order valence-electron chi connectivity index (χ2n) is 8.17. The molecule has 1 fully saturated rings. The molecule has 2 unspecified atom stereocenters. The van der Waals surface area contributed by atoms with E-state index in [1.165, 1.54) is 13.1 Å². The van der Waals surface area contributed by atoms with Crippen LogP contribution in [-0.4, -0.2) is 65.5 Å². The van der Waals surface area contributed by atoms with Gasteiger partial charge in [0.25, 0.3) is 0 Å². The Kier molecular flexibility index (Phi) is 7.57. The van der Waals surface area contributed by atoms with E-state index in [-0.39, 0.29) is 22.2 Å². The molecule has 2 aromatic rings. The van der Waals surface area contributed by atoms with E-state index < -0.39 is 40.8 Å². The zero-order valence-corrected chi connectivity index (χ0v) is 19.5. The van der Waals surface area contributed by atoms with Crippen molar-refractivity contribution in [3.05, 3.63) is 47.4 Å². The summed E-state index contributed by atoms with van der Waals surface area (Å²) >= 11 is 5.24. The summed E-state index contributed by atoms with van der Waals surface area (Å²) in [6.07, 6.45) is -3.71. The maximum atomic E-state index is 15.2. The van der Waals surface area contributed by atoms with E-state index in [4.69, 9.17) is 21.7 Å². The van der Waals surface area contributed by atoms with Crippen LogP contribution in [0.1, 0.15) is 12.5 Å². The van der Waals surface area contributed by atoms with Gasteiger partial charge in [-0.3, -0.25) is 4.90 Å². The van der Waals surface area contributed by atoms with Gasteiger partial charge < -0.3 is 25.1 Å². The van der Waals surface area contributed by atoms with Crippen LogP contribution in [0.2, 0.25) is 0 Å². The lowest BCUT2D eigenvalue weighted by Gasteiger charge is -2.28. The summed E-state index contributed by atoms with van der Waals surface area (Å²) in [5, 5.41) is 5.62. The number of fused-ring (bicyclic) bond motifs is 1. The highest BCUT2D eigenvalue weighted by Crippen LogP contribution is 2.40. The van der Waals surface area contributed by atoms with E-state index in [1.807, 2.05) is 0 Å². The lowest BCUT2D eigenvalue weighted by Crippen LogP contribution is -2.44. The molecule has 4 rings (SSSR count). The van der Waals surface area contributed by atoms with E-state index in [1.54, 1.807) is 0 Å². The maximum Gasteiger partial charge on any atom is 0.418 e. The third kappa shape index (κ3) is 5.73. The molecule has 3 N–H and O–H groups in total. The number of aromatic amines is 1. The van der Waals surface area contributed by atoms with Crippen LogP contribution in [0, 0.1) is 5.92 Å². The Bertz CT molecular complexity index is 1140. The number of alkyl halides is 4. The van der Waals surface area contributed by atoms with Crippen molar-refractivity contribution in [3.63, 3.8) is 0 Å². The number of morpholine rings is 1. The normalized spacial score (nSPS) is 21.7. The molecule has 35 heavy (non-hydrogen) atoms. The number of hydrogen-bond acceptors (Lipinski definition) is 5. The molecule has 1 aliphatic carbocycles. The van der Waals surface area contributed by atoms with E-state index in [0.717, 1.165) is 38.0 Å². The Morgan fingerprint density at radius 2 is 2.09 bits per heavy atom. The lowest BCUT2D eigenvalue weighted by atomic mass is 9.94. The maximum absolute atomic E-state index is 15.2. The summed E-state index contributed by atoms with van der Waals surface area (Å²) in [6, 6.07) is 1.13. The summed E-state index contributed by atoms with van der Waals surface area (Å²) in [5.41, 5.74) is -0.965. The molecule has 190 valence electrons. The fourth-order valence-electron chi connectivity index (χ4n) is 3.89. The number of nitrogens with one attached hydrogen (secondary N) is 3. The average molecular weight is 518 g/mol. The van der Waals surface area contributed by atoms with Gasteiger partial charge in [0.15, 0.2) is 22.9 Å². The van der Waals surface area contributed by atoms with Crippen LogP contribution in [0.3, 0.4) is 0 Å². The molecule has 2 aromatic heterocycles. The topological polar surface area (TPSA) is 74.4 Å². The first-order valence-electron chi connectivity index (χ1n) is 11.0. The van der Waals surface area contributed by atoms with Crippen LogP contribution in [0.4, 0.5) is 22.0 Å². The van der Waals surface area contributed by atoms with Crippen LogP contribution in [0.25, 0.3) is 11.0 Å². The minimum Gasteiger partial charge on any atom is -0.455 e. The first kappa shape index (κ1) is 25.3. The molecule has 13 heteroatoms. The monoisotopic (exact) mass is 517 g/mol. The van der Waals surface area contributed by atoms with Crippen molar-refractivity contribution < 1.29 is 31.4 Å². The van der Waals surface area contributed by atoms with Crippen LogP contribution < -0.4 is 15.4 Å². The van der Waals surface area contributed by atoms with Crippen molar-refractivity contribution in [2.45, 2.75) is 19.3 Å². The van der Waals surface area contributed by atoms with Gasteiger partial charge in [-0.05, 0) is 24.4 Å². The second kappa shape index (κ2) is 10.5. The number of H-pyrrole nitrogens is 1. The Morgan fingerprint density at radius 1 is 1.34 bits per heavy atom. The smallest absolute Gasteiger partial charge is 0.418 e. The largest absolute Gasteiger partial charge is 0.455 e. The molecule has 0 spiro atoms. The second-order valence-corrected chi connectivity index (χ2v) is 8.58. The van der Waals surface area contributed by atoms with Gasteiger partial charge in [-0.15, -0.1) is 0 Å². The van der Waals surface area contributed by atoms with Gasteiger partial charge in [-0.25, -0.2) is 13.8 Å². The molecule has 2 aliphatic rings. The number of aromatic nitrogens is 2. The number of pyridine rings is 1. The van der Waals surface area contributed by atoms with Gasteiger partial charge in [-0.2, -0.15) is 13.2 Å². The van der Waals surface area contributed by atoms with Crippen LogP contribution >= 0.6 is 12.2 Å². The minimum atomic E-state index is -4.71. The van der Waals surface area contributed by atoms with Crippen molar-refractivity contribution >= 4 is 28.4 Å². The average Bonchev–Trinajstić information content (AvgIpc) is 3.27. The van der Waals surface area contributed by atoms with Crippen molar-refractivity contribution in [2.24, 2.45) is 5.92 Å². The molecule has 7 nitrogen and oxygen atoms in total. The molecule has 0 bridgehead atoms. The molecule has 0 radical (unpaired) electrons. The number of hydrogen-bond donors (Lipinski definition) is 3. The van der Waals surface area contributed by atoms with Gasteiger partial charge in [0, 0.05) is 50.2 Å². The Hall–Kier alpha value is -2.77. The zero-order valence-electron chi connectivity index (χ0n) is 18.7. The quantitative estimate of drug-likeness (QED) is 0.398. The molecule has 0 aromatic carbocycles. The minimum absolute atomic E-state index is 0.110. The van der Waals surface area contributed by atoms with E-state index in [9.17, 15) is 17.6 Å². The predicted molar refractivity (Wildman–Crippen MR) is 123 cm³/mol. The fourth-order valence-corrected chi connectivity index (χ4v) is 4.11. The predicted octanol–water partition coefficient (Wildman–Crippen LogP) is 3.81. The number of allylic oxidation sites excluding steroid dienone is 4. The standard InChI is InChI=1S/C22H24F5N5O2S/c1-12-15(31-21(35)29-4-5-32-6-8-33-9-7-32)10-14(23)19(18(12)24)34-16-2-3-28-20-17(16)13(11-30-20)22(25,26)27/h2-3,10-12,18H,4-9H2,1H3,(H,28,30)(H2,29,31,35). The highest BCUT2D eigenvalue weighted by Gasteiger charge is 2.37. The summed E-state index contributed by atoms with van der Waals surface area (Å²) in [6.45, 7) is 5.76. The van der Waals surface area contributed by atoms with Gasteiger partial charge in [-0.1, -0.05) is 6.92 Å². The molecular formula is C22H24F5N5O2S. The van der Waals surface area contributed by atoms with Crippen LogP contribution in [0.5, 0.6) is 5.75 Å². The van der Waals surface area contributed by atoms with Gasteiger partial charge in [0.05, 0.1) is 24.2 Å².